The van der Waals surface area contributed by atoms with Crippen molar-refractivity contribution in [2.24, 2.45) is 5.92 Å². The minimum atomic E-state index is -0.747. The Morgan fingerprint density at radius 1 is 1.47 bits per heavy atom. The van der Waals surface area contributed by atoms with Crippen LogP contribution in [0.15, 0.2) is 18.3 Å². The maximum absolute atomic E-state index is 10.7. The molecule has 0 aliphatic heterocycles. The predicted molar refractivity (Wildman–Crippen MR) is 69.4 cm³/mol. The fourth-order valence-electron chi connectivity index (χ4n) is 2.93. The Balaban J connectivity index is 2.10. The smallest absolute Gasteiger partial charge is 0.129 e. The second kappa shape index (κ2) is 5.05. The van der Waals surface area contributed by atoms with Gasteiger partial charge in [-0.25, -0.2) is 4.98 Å². The molecule has 94 valence electrons. The van der Waals surface area contributed by atoms with Crippen LogP contribution >= 0.6 is 0 Å². The lowest BCUT2D eigenvalue weighted by atomic mass is 9.74. The molecular formula is C14H22N2O. The lowest BCUT2D eigenvalue weighted by Gasteiger charge is -2.36. The Kier molecular flexibility index (Phi) is 3.67. The van der Waals surface area contributed by atoms with E-state index >= 15 is 0 Å². The minimum Gasteiger partial charge on any atom is -0.385 e. The third-order valence-corrected chi connectivity index (χ3v) is 3.97. The number of anilines is 1. The van der Waals surface area contributed by atoms with Crippen molar-refractivity contribution in [1.29, 1.82) is 0 Å². The molecule has 3 N–H and O–H groups in total. The zero-order valence-electron chi connectivity index (χ0n) is 10.5. The molecule has 3 nitrogen and oxygen atoms in total. The first kappa shape index (κ1) is 12.4. The van der Waals surface area contributed by atoms with Crippen LogP contribution in [0.3, 0.4) is 0 Å². The molecule has 1 aliphatic carbocycles. The number of nitrogen functional groups attached to an aromatic ring is 1. The van der Waals surface area contributed by atoms with Gasteiger partial charge in [0.2, 0.25) is 0 Å². The molecule has 0 unspecified atom stereocenters. The second-order valence-corrected chi connectivity index (χ2v) is 5.20. The van der Waals surface area contributed by atoms with Crippen molar-refractivity contribution in [1.82, 2.24) is 4.98 Å². The summed E-state index contributed by atoms with van der Waals surface area (Å²) in [5.74, 6) is 1.25. The Bertz CT molecular complexity index is 370. The Morgan fingerprint density at radius 2 is 2.18 bits per heavy atom. The first-order valence-electron chi connectivity index (χ1n) is 6.59. The van der Waals surface area contributed by atoms with E-state index in [-0.39, 0.29) is 0 Å². The molecule has 17 heavy (non-hydrogen) atoms. The van der Waals surface area contributed by atoms with E-state index in [0.29, 0.717) is 5.82 Å². The highest BCUT2D eigenvalue weighted by atomic mass is 16.3. The number of aromatic nitrogens is 1. The van der Waals surface area contributed by atoms with Gasteiger partial charge in [-0.3, -0.25) is 0 Å². The summed E-state index contributed by atoms with van der Waals surface area (Å²) in [5.41, 5.74) is 5.93. The number of pyridine rings is 1. The summed E-state index contributed by atoms with van der Waals surface area (Å²) in [6.45, 7) is 2.22. The lowest BCUT2D eigenvalue weighted by molar-refractivity contribution is -0.0147. The highest BCUT2D eigenvalue weighted by Crippen LogP contribution is 2.42. The normalized spacial score (nSPS) is 29.2. The van der Waals surface area contributed by atoms with Crippen molar-refractivity contribution in [3.8, 4) is 0 Å². The summed E-state index contributed by atoms with van der Waals surface area (Å²) >= 11 is 0. The Hall–Kier alpha value is -1.09. The average molecular weight is 234 g/mol. The average Bonchev–Trinajstić information content (AvgIpc) is 2.33. The van der Waals surface area contributed by atoms with E-state index < -0.39 is 5.60 Å². The van der Waals surface area contributed by atoms with Crippen LogP contribution in [0.1, 0.15) is 51.0 Å². The molecule has 2 rings (SSSR count). The minimum absolute atomic E-state index is 0.476. The molecule has 1 saturated carbocycles. The summed E-state index contributed by atoms with van der Waals surface area (Å²) in [6.07, 6.45) is 8.00. The maximum Gasteiger partial charge on any atom is 0.129 e. The summed E-state index contributed by atoms with van der Waals surface area (Å²) in [7, 11) is 0. The van der Waals surface area contributed by atoms with Crippen LogP contribution in [0.5, 0.6) is 0 Å². The van der Waals surface area contributed by atoms with Crippen LogP contribution < -0.4 is 5.73 Å². The summed E-state index contributed by atoms with van der Waals surface area (Å²) < 4.78 is 0. The standard InChI is InChI=1S/C14H22N2O/c1-2-4-11-6-8-14(17,9-7-11)12-5-3-10-16-13(12)15/h3,5,10-11,17H,2,4,6-9H2,1H3,(H2,15,16). The zero-order chi connectivity index (χ0) is 12.3. The van der Waals surface area contributed by atoms with Gasteiger partial charge >= 0.3 is 0 Å². The maximum atomic E-state index is 10.7. The molecule has 0 spiro atoms. The fourth-order valence-corrected chi connectivity index (χ4v) is 2.93. The van der Waals surface area contributed by atoms with Crippen LogP contribution in [-0.2, 0) is 5.60 Å². The molecule has 1 aromatic heterocycles. The number of aliphatic hydroxyl groups is 1. The molecule has 1 fully saturated rings. The van der Waals surface area contributed by atoms with Crippen LogP contribution in [0, 0.1) is 5.92 Å². The van der Waals surface area contributed by atoms with E-state index in [9.17, 15) is 5.11 Å². The molecule has 3 heteroatoms. The van der Waals surface area contributed by atoms with Crippen molar-refractivity contribution in [2.75, 3.05) is 5.73 Å². The highest BCUT2D eigenvalue weighted by Gasteiger charge is 2.35. The molecule has 0 atom stereocenters. The van der Waals surface area contributed by atoms with Crippen molar-refractivity contribution < 1.29 is 5.11 Å². The largest absolute Gasteiger partial charge is 0.385 e. The molecular weight excluding hydrogens is 212 g/mol. The number of rotatable bonds is 3. The quantitative estimate of drug-likeness (QED) is 0.845. The van der Waals surface area contributed by atoms with E-state index in [0.717, 1.165) is 37.2 Å². The number of hydrogen-bond donors (Lipinski definition) is 2. The molecule has 1 aromatic rings. The van der Waals surface area contributed by atoms with Gasteiger partial charge in [0.25, 0.3) is 0 Å². The van der Waals surface area contributed by atoms with Crippen molar-refractivity contribution >= 4 is 5.82 Å². The van der Waals surface area contributed by atoms with Gasteiger partial charge in [0, 0.05) is 11.8 Å². The second-order valence-electron chi connectivity index (χ2n) is 5.20. The van der Waals surface area contributed by atoms with Crippen molar-refractivity contribution in [3.05, 3.63) is 23.9 Å². The topological polar surface area (TPSA) is 59.1 Å². The lowest BCUT2D eigenvalue weighted by Crippen LogP contribution is -2.32. The van der Waals surface area contributed by atoms with Gasteiger partial charge in [-0.1, -0.05) is 25.8 Å². The van der Waals surface area contributed by atoms with E-state index in [1.807, 2.05) is 12.1 Å². The molecule has 1 aliphatic rings. The molecule has 1 heterocycles. The van der Waals surface area contributed by atoms with E-state index in [4.69, 9.17) is 5.73 Å². The molecule has 0 aromatic carbocycles. The predicted octanol–water partition coefficient (Wildman–Crippen LogP) is 2.84. The Labute approximate surface area is 103 Å². The molecule has 0 bridgehead atoms. The van der Waals surface area contributed by atoms with E-state index in [2.05, 4.69) is 11.9 Å². The van der Waals surface area contributed by atoms with Crippen molar-refractivity contribution in [3.63, 3.8) is 0 Å². The molecule has 0 saturated heterocycles. The molecule has 0 amide bonds. The SMILES string of the molecule is CCCC1CCC(O)(c2cccnc2N)CC1. The third kappa shape index (κ3) is 2.60. The highest BCUT2D eigenvalue weighted by molar-refractivity contribution is 5.42. The van der Waals surface area contributed by atoms with Crippen molar-refractivity contribution in [2.45, 2.75) is 51.0 Å². The van der Waals surface area contributed by atoms with Gasteiger partial charge in [0.1, 0.15) is 5.82 Å². The third-order valence-electron chi connectivity index (χ3n) is 3.97. The summed E-state index contributed by atoms with van der Waals surface area (Å²) in [6, 6.07) is 3.75. The van der Waals surface area contributed by atoms with Gasteiger partial charge in [0.05, 0.1) is 5.60 Å². The number of nitrogens with zero attached hydrogens (tertiary/aromatic N) is 1. The number of nitrogens with two attached hydrogens (primary N) is 1. The van der Waals surface area contributed by atoms with Gasteiger partial charge in [-0.15, -0.1) is 0 Å². The zero-order valence-corrected chi connectivity index (χ0v) is 10.5. The summed E-state index contributed by atoms with van der Waals surface area (Å²) in [5, 5.41) is 10.7. The van der Waals surface area contributed by atoms with Gasteiger partial charge in [0.15, 0.2) is 0 Å². The first-order valence-corrected chi connectivity index (χ1v) is 6.59. The molecule has 0 radical (unpaired) electrons. The number of hydrogen-bond acceptors (Lipinski definition) is 3. The van der Waals surface area contributed by atoms with Crippen LogP contribution in [0.2, 0.25) is 0 Å². The van der Waals surface area contributed by atoms with Crippen LogP contribution in [0.4, 0.5) is 5.82 Å². The monoisotopic (exact) mass is 234 g/mol. The van der Waals surface area contributed by atoms with Crippen LogP contribution in [-0.4, -0.2) is 10.1 Å². The fraction of sp³-hybridized carbons (Fsp3) is 0.643. The van der Waals surface area contributed by atoms with Gasteiger partial charge in [-0.2, -0.15) is 0 Å². The van der Waals surface area contributed by atoms with E-state index in [1.54, 1.807) is 6.20 Å². The van der Waals surface area contributed by atoms with E-state index in [1.165, 1.54) is 12.8 Å². The van der Waals surface area contributed by atoms with Crippen LogP contribution in [0.25, 0.3) is 0 Å². The van der Waals surface area contributed by atoms with Gasteiger partial charge < -0.3 is 10.8 Å². The van der Waals surface area contributed by atoms with Gasteiger partial charge in [-0.05, 0) is 37.7 Å². The Morgan fingerprint density at radius 3 is 2.76 bits per heavy atom. The summed E-state index contributed by atoms with van der Waals surface area (Å²) in [4.78, 5) is 4.07. The first-order chi connectivity index (χ1) is 8.15.